The van der Waals surface area contributed by atoms with E-state index in [2.05, 4.69) is 24.4 Å². The van der Waals surface area contributed by atoms with Gasteiger partial charge < -0.3 is 10.1 Å². The first kappa shape index (κ1) is 18.4. The third-order valence-electron chi connectivity index (χ3n) is 3.74. The zero-order valence-electron chi connectivity index (χ0n) is 14.5. The third-order valence-corrected chi connectivity index (χ3v) is 4.72. The molecule has 0 aliphatic rings. The van der Waals surface area contributed by atoms with Gasteiger partial charge in [-0.05, 0) is 43.5 Å². The van der Waals surface area contributed by atoms with Gasteiger partial charge in [0.25, 0.3) is 0 Å². The van der Waals surface area contributed by atoms with Gasteiger partial charge in [-0.25, -0.2) is 0 Å². The summed E-state index contributed by atoms with van der Waals surface area (Å²) in [5.41, 5.74) is 3.65. The molecule has 0 aliphatic carbocycles. The molecule has 3 nitrogen and oxygen atoms in total. The Labute approximate surface area is 148 Å². The Morgan fingerprint density at radius 2 is 1.75 bits per heavy atom. The number of aryl methyl sites for hydroxylation is 2. The lowest BCUT2D eigenvalue weighted by molar-refractivity contribution is -0.119. The van der Waals surface area contributed by atoms with Gasteiger partial charge in [0.1, 0.15) is 12.4 Å². The van der Waals surface area contributed by atoms with Gasteiger partial charge in [-0.1, -0.05) is 42.5 Å². The second kappa shape index (κ2) is 9.38. The Morgan fingerprint density at radius 1 is 1.08 bits per heavy atom. The highest BCUT2D eigenvalue weighted by Crippen LogP contribution is 2.17. The van der Waals surface area contributed by atoms with E-state index in [9.17, 15) is 4.79 Å². The molecule has 0 aliphatic heterocycles. The average molecular weight is 343 g/mol. The van der Waals surface area contributed by atoms with Gasteiger partial charge in [0.2, 0.25) is 5.91 Å². The topological polar surface area (TPSA) is 38.3 Å². The molecule has 0 bridgehead atoms. The van der Waals surface area contributed by atoms with Gasteiger partial charge in [0.05, 0.1) is 11.8 Å². The van der Waals surface area contributed by atoms with E-state index in [-0.39, 0.29) is 11.9 Å². The molecular formula is C20H25NO2S. The van der Waals surface area contributed by atoms with Gasteiger partial charge in [0.15, 0.2) is 0 Å². The second-order valence-corrected chi connectivity index (χ2v) is 6.95. The van der Waals surface area contributed by atoms with Crippen molar-refractivity contribution in [3.63, 3.8) is 0 Å². The predicted molar refractivity (Wildman–Crippen MR) is 102 cm³/mol. The van der Waals surface area contributed by atoms with Crippen molar-refractivity contribution < 1.29 is 9.53 Å². The van der Waals surface area contributed by atoms with Gasteiger partial charge in [-0.3, -0.25) is 4.79 Å². The number of rotatable bonds is 8. The first-order valence-electron chi connectivity index (χ1n) is 8.16. The van der Waals surface area contributed by atoms with Gasteiger partial charge >= 0.3 is 0 Å². The molecule has 0 spiro atoms. The monoisotopic (exact) mass is 343 g/mol. The largest absolute Gasteiger partial charge is 0.491 e. The fourth-order valence-electron chi connectivity index (χ4n) is 2.32. The molecule has 0 fully saturated rings. The minimum Gasteiger partial charge on any atom is -0.491 e. The van der Waals surface area contributed by atoms with E-state index in [1.165, 1.54) is 11.1 Å². The van der Waals surface area contributed by atoms with E-state index >= 15 is 0 Å². The standard InChI is InChI=1S/C20H25NO2S/c1-15-8-4-6-10-18(15)13-24-14-20(22)21-17(3)12-23-19-11-7-5-9-16(19)2/h4-11,17H,12-14H2,1-3H3,(H,21,22)/t17-/m0/s1. The van der Waals surface area contributed by atoms with Crippen LogP contribution >= 0.6 is 11.8 Å². The van der Waals surface area contributed by atoms with Crippen molar-refractivity contribution >= 4 is 17.7 Å². The van der Waals surface area contributed by atoms with Crippen LogP contribution in [-0.2, 0) is 10.5 Å². The molecule has 0 aromatic heterocycles. The zero-order chi connectivity index (χ0) is 17.4. The summed E-state index contributed by atoms with van der Waals surface area (Å²) in [4.78, 5) is 12.0. The van der Waals surface area contributed by atoms with Crippen LogP contribution in [0, 0.1) is 13.8 Å². The number of benzene rings is 2. The fraction of sp³-hybridized carbons (Fsp3) is 0.350. The van der Waals surface area contributed by atoms with Crippen molar-refractivity contribution in [3.05, 3.63) is 65.2 Å². The summed E-state index contributed by atoms with van der Waals surface area (Å²) in [5.74, 6) is 2.24. The summed E-state index contributed by atoms with van der Waals surface area (Å²) in [6.45, 7) is 6.54. The Kier molecular flexibility index (Phi) is 7.19. The van der Waals surface area contributed by atoms with Crippen LogP contribution in [-0.4, -0.2) is 24.3 Å². The molecule has 24 heavy (non-hydrogen) atoms. The fourth-order valence-corrected chi connectivity index (χ4v) is 3.23. The molecule has 0 heterocycles. The quantitative estimate of drug-likeness (QED) is 0.783. The Bertz CT molecular complexity index is 672. The van der Waals surface area contributed by atoms with Crippen LogP contribution in [0.3, 0.4) is 0 Å². The molecule has 2 aromatic carbocycles. The van der Waals surface area contributed by atoms with Crippen molar-refractivity contribution in [3.8, 4) is 5.75 Å². The molecule has 1 amide bonds. The minimum atomic E-state index is -0.0174. The predicted octanol–water partition coefficient (Wildman–Crippen LogP) is 4.12. The van der Waals surface area contributed by atoms with Crippen LogP contribution in [0.1, 0.15) is 23.6 Å². The maximum Gasteiger partial charge on any atom is 0.230 e. The van der Waals surface area contributed by atoms with Gasteiger partial charge in [-0.15, -0.1) is 11.8 Å². The van der Waals surface area contributed by atoms with Crippen LogP contribution in [0.5, 0.6) is 5.75 Å². The highest BCUT2D eigenvalue weighted by atomic mass is 32.2. The molecule has 2 aromatic rings. The number of ether oxygens (including phenoxy) is 1. The lowest BCUT2D eigenvalue weighted by atomic mass is 10.1. The smallest absolute Gasteiger partial charge is 0.230 e. The third kappa shape index (κ3) is 5.93. The molecule has 1 atom stereocenters. The molecule has 0 radical (unpaired) electrons. The first-order chi connectivity index (χ1) is 11.6. The lowest BCUT2D eigenvalue weighted by Gasteiger charge is -2.16. The van der Waals surface area contributed by atoms with E-state index in [1.807, 2.05) is 50.2 Å². The molecular weight excluding hydrogens is 318 g/mol. The van der Waals surface area contributed by atoms with Crippen LogP contribution in [0.25, 0.3) is 0 Å². The molecule has 2 rings (SSSR count). The number of para-hydroxylation sites is 1. The second-order valence-electron chi connectivity index (χ2n) is 5.96. The highest BCUT2D eigenvalue weighted by Gasteiger charge is 2.09. The van der Waals surface area contributed by atoms with E-state index in [1.54, 1.807) is 11.8 Å². The number of carbonyl (C=O) groups is 1. The summed E-state index contributed by atoms with van der Waals surface area (Å²) in [7, 11) is 0. The maximum atomic E-state index is 12.0. The van der Waals surface area contributed by atoms with E-state index in [0.717, 1.165) is 17.1 Å². The minimum absolute atomic E-state index is 0.0174. The number of hydrogen-bond donors (Lipinski definition) is 1. The van der Waals surface area contributed by atoms with Crippen LogP contribution in [0.2, 0.25) is 0 Å². The van der Waals surface area contributed by atoms with Crippen molar-refractivity contribution in [2.45, 2.75) is 32.6 Å². The van der Waals surface area contributed by atoms with Crippen molar-refractivity contribution in [1.29, 1.82) is 0 Å². The molecule has 0 saturated carbocycles. The first-order valence-corrected chi connectivity index (χ1v) is 9.32. The zero-order valence-corrected chi connectivity index (χ0v) is 15.4. The number of hydrogen-bond acceptors (Lipinski definition) is 3. The van der Waals surface area contributed by atoms with E-state index < -0.39 is 0 Å². The summed E-state index contributed by atoms with van der Waals surface area (Å²) in [6, 6.07) is 16.2. The van der Waals surface area contributed by atoms with Crippen molar-refractivity contribution in [2.24, 2.45) is 0 Å². The average Bonchev–Trinajstić information content (AvgIpc) is 2.56. The molecule has 0 saturated heterocycles. The van der Waals surface area contributed by atoms with Gasteiger partial charge in [-0.2, -0.15) is 0 Å². The lowest BCUT2D eigenvalue weighted by Crippen LogP contribution is -2.37. The normalized spacial score (nSPS) is 11.8. The number of thioether (sulfide) groups is 1. The molecule has 0 unspecified atom stereocenters. The van der Waals surface area contributed by atoms with Crippen LogP contribution in [0.15, 0.2) is 48.5 Å². The van der Waals surface area contributed by atoms with E-state index in [0.29, 0.717) is 12.4 Å². The summed E-state index contributed by atoms with van der Waals surface area (Å²) in [6.07, 6.45) is 0. The Balaban J connectivity index is 1.68. The summed E-state index contributed by atoms with van der Waals surface area (Å²) in [5, 5.41) is 2.99. The maximum absolute atomic E-state index is 12.0. The number of carbonyl (C=O) groups excluding carboxylic acids is 1. The van der Waals surface area contributed by atoms with Crippen LogP contribution in [0.4, 0.5) is 0 Å². The van der Waals surface area contributed by atoms with Crippen molar-refractivity contribution in [1.82, 2.24) is 5.32 Å². The number of nitrogens with one attached hydrogen (secondary N) is 1. The Hall–Kier alpha value is -1.94. The highest BCUT2D eigenvalue weighted by molar-refractivity contribution is 7.99. The summed E-state index contributed by atoms with van der Waals surface area (Å²) < 4.78 is 5.77. The van der Waals surface area contributed by atoms with Gasteiger partial charge in [0, 0.05) is 5.75 Å². The molecule has 128 valence electrons. The molecule has 1 N–H and O–H groups in total. The number of amides is 1. The van der Waals surface area contributed by atoms with E-state index in [4.69, 9.17) is 4.74 Å². The van der Waals surface area contributed by atoms with Crippen molar-refractivity contribution in [2.75, 3.05) is 12.4 Å². The summed E-state index contributed by atoms with van der Waals surface area (Å²) >= 11 is 1.63. The Morgan fingerprint density at radius 3 is 2.46 bits per heavy atom. The molecule has 4 heteroatoms. The van der Waals surface area contributed by atoms with Crippen LogP contribution < -0.4 is 10.1 Å². The SMILES string of the molecule is Cc1ccccc1CSCC(=O)N[C@@H](C)COc1ccccc1C.